The zero-order valence-corrected chi connectivity index (χ0v) is 36.9. The van der Waals surface area contributed by atoms with Crippen LogP contribution in [0.5, 0.6) is 0 Å². The van der Waals surface area contributed by atoms with Gasteiger partial charge in [0.15, 0.2) is 0 Å². The summed E-state index contributed by atoms with van der Waals surface area (Å²) >= 11 is 14.2. The second kappa shape index (κ2) is 33.7. The molecule has 293 valence electrons. The van der Waals surface area contributed by atoms with Crippen LogP contribution in [0.2, 0.25) is 0 Å². The summed E-state index contributed by atoms with van der Waals surface area (Å²) in [5.41, 5.74) is 0. The minimum absolute atomic E-state index is 0. The van der Waals surface area contributed by atoms with E-state index in [0.29, 0.717) is 0 Å². The van der Waals surface area contributed by atoms with Gasteiger partial charge < -0.3 is 10.8 Å². The van der Waals surface area contributed by atoms with Gasteiger partial charge in [-0.15, -0.1) is 0 Å². The fourth-order valence-electron chi connectivity index (χ4n) is 3.79. The Hall–Kier alpha value is -5.28. The Bertz CT molecular complexity index is 1800. The number of rotatable bonds is 8. The molecule has 0 fully saturated rings. The van der Waals surface area contributed by atoms with E-state index in [1.54, 1.807) is 146 Å². The Balaban J connectivity index is 0.000000258. The first-order chi connectivity index (χ1) is 28.6. The van der Waals surface area contributed by atoms with Crippen molar-refractivity contribution >= 4 is 81.8 Å². The van der Waals surface area contributed by atoms with Gasteiger partial charge >= 0.3 is 17.1 Å². The van der Waals surface area contributed by atoms with Crippen LogP contribution in [0, 0.1) is 0 Å². The van der Waals surface area contributed by atoms with Gasteiger partial charge in [0.2, 0.25) is 0 Å². The maximum atomic E-state index is 7.13. The summed E-state index contributed by atoms with van der Waals surface area (Å²) in [6, 6.07) is 31.9. The summed E-state index contributed by atoms with van der Waals surface area (Å²) in [7, 11) is 0. The molecule has 8 rings (SSSR count). The third-order valence-corrected chi connectivity index (χ3v) is 10.2. The summed E-state index contributed by atoms with van der Waals surface area (Å²) in [6.45, 7) is 0. The Labute approximate surface area is 382 Å². The average Bonchev–Trinajstić information content (AvgIpc) is 3.28. The zero-order chi connectivity index (χ0) is 41.1. The molecule has 0 saturated carbocycles. The molecule has 0 N–H and O–H groups in total. The van der Waals surface area contributed by atoms with Gasteiger partial charge in [-0.25, -0.2) is 0 Å². The fraction of sp³-hybridized carbons (Fsp3) is 0. The van der Waals surface area contributed by atoms with Crippen LogP contribution in [-0.2, 0) is 17.1 Å². The first-order valence-corrected chi connectivity index (χ1v) is 20.7. The molecular weight excluding hydrogens is 892 g/mol. The molecule has 0 aliphatic rings. The van der Waals surface area contributed by atoms with Gasteiger partial charge in [-0.05, 0) is 97.1 Å². The normalized spacial score (nSPS) is 8.95. The van der Waals surface area contributed by atoms with Gasteiger partial charge in [0.25, 0.3) is 0 Å². The van der Waals surface area contributed by atoms with E-state index in [1.807, 2.05) is 97.1 Å². The molecule has 0 atom stereocenters. The van der Waals surface area contributed by atoms with Crippen molar-refractivity contribution < 1.29 is 17.1 Å². The minimum Gasteiger partial charge on any atom is -0.753 e. The first kappa shape index (κ1) is 49.9. The van der Waals surface area contributed by atoms with Crippen LogP contribution in [0.15, 0.2) is 235 Å². The molecule has 0 saturated heterocycles. The van der Waals surface area contributed by atoms with E-state index in [9.17, 15) is 0 Å². The number of isothiocyanates is 2. The molecule has 0 aliphatic heterocycles. The van der Waals surface area contributed by atoms with Crippen LogP contribution in [0.3, 0.4) is 0 Å². The van der Waals surface area contributed by atoms with Crippen LogP contribution >= 0.6 is 71.5 Å². The molecule has 0 spiro atoms. The van der Waals surface area contributed by atoms with E-state index in [1.165, 1.54) is 49.5 Å². The number of aromatic nitrogens is 8. The molecule has 0 aromatic carbocycles. The first-order valence-electron chi connectivity index (χ1n) is 16.6. The number of hydrogen-bond donors (Lipinski definition) is 0. The zero-order valence-electron chi connectivity index (χ0n) is 30.8. The van der Waals surface area contributed by atoms with Crippen molar-refractivity contribution in [2.24, 2.45) is 0 Å². The summed E-state index contributed by atoms with van der Waals surface area (Å²) in [5.74, 6) is 0. The number of hydrogen-bond acceptors (Lipinski definition) is 14. The Morgan fingerprint density at radius 1 is 0.271 bits per heavy atom. The average molecular weight is 924 g/mol. The second-order valence-electron chi connectivity index (χ2n) is 10.1. The van der Waals surface area contributed by atoms with Crippen molar-refractivity contribution in [2.75, 3.05) is 0 Å². The van der Waals surface area contributed by atoms with E-state index >= 15 is 0 Å². The second-order valence-corrected chi connectivity index (χ2v) is 15.0. The Kier molecular flexibility index (Phi) is 28.5. The van der Waals surface area contributed by atoms with Crippen LogP contribution in [0.1, 0.15) is 0 Å². The van der Waals surface area contributed by atoms with Gasteiger partial charge in [-0.2, -0.15) is 10.3 Å². The molecule has 1 radical (unpaired) electrons. The van der Waals surface area contributed by atoms with E-state index < -0.39 is 0 Å². The molecule has 8 aromatic heterocycles. The molecular formula is C42H32MnN10S6. The smallest absolute Gasteiger partial charge is 0.753 e. The molecule has 0 amide bonds. The molecule has 10 nitrogen and oxygen atoms in total. The quantitative estimate of drug-likeness (QED) is 0.0808. The topological polar surface area (TPSA) is 148 Å². The third-order valence-electron chi connectivity index (χ3n) is 6.14. The van der Waals surface area contributed by atoms with Gasteiger partial charge in [-0.3, -0.25) is 39.9 Å². The van der Waals surface area contributed by atoms with Crippen molar-refractivity contribution in [1.29, 1.82) is 0 Å². The monoisotopic (exact) mass is 923 g/mol. The Morgan fingerprint density at radius 2 is 0.356 bits per heavy atom. The van der Waals surface area contributed by atoms with Crippen LogP contribution in [0.4, 0.5) is 0 Å². The van der Waals surface area contributed by atoms with Crippen LogP contribution in [-0.4, -0.2) is 50.2 Å². The molecule has 0 aliphatic carbocycles. The largest absolute Gasteiger partial charge is 2.00 e. The van der Waals surface area contributed by atoms with Crippen molar-refractivity contribution in [2.45, 2.75) is 39.2 Å². The molecule has 0 bridgehead atoms. The van der Waals surface area contributed by atoms with Crippen molar-refractivity contribution in [3.63, 3.8) is 0 Å². The van der Waals surface area contributed by atoms with Crippen LogP contribution < -0.4 is 0 Å². The van der Waals surface area contributed by atoms with E-state index in [2.05, 4.69) is 64.3 Å². The van der Waals surface area contributed by atoms with Crippen molar-refractivity contribution in [3.8, 4) is 0 Å². The standard InChI is InChI=1S/4C10H8N2S.2CNS.Mn/c4*1-5-11-6-2-9(1)13-10-3-7-12-8-4-10;2*2-1-3;/h4*1-8H;;;/q;;;;2*-1;+2. The van der Waals surface area contributed by atoms with Gasteiger partial charge in [0.1, 0.15) is 0 Å². The van der Waals surface area contributed by atoms with E-state index in [4.69, 9.17) is 10.8 Å². The predicted octanol–water partition coefficient (Wildman–Crippen LogP) is 11.8. The number of pyridine rings is 8. The van der Waals surface area contributed by atoms with Gasteiger partial charge in [0.05, 0.1) is 0 Å². The van der Waals surface area contributed by atoms with Gasteiger partial charge in [-0.1, -0.05) is 71.5 Å². The molecule has 8 aromatic rings. The molecule has 8 heterocycles. The maximum Gasteiger partial charge on any atom is 2.00 e. The maximum absolute atomic E-state index is 7.13. The minimum atomic E-state index is 0. The van der Waals surface area contributed by atoms with Crippen LogP contribution in [0.25, 0.3) is 10.8 Å². The summed E-state index contributed by atoms with van der Waals surface area (Å²) in [4.78, 5) is 41.3. The molecule has 17 heteroatoms. The van der Waals surface area contributed by atoms with Gasteiger partial charge in [0, 0.05) is 138 Å². The Morgan fingerprint density at radius 3 is 0.441 bits per heavy atom. The number of nitrogens with zero attached hydrogens (tertiary/aromatic N) is 10. The summed E-state index contributed by atoms with van der Waals surface area (Å²) in [5, 5.41) is 16.9. The fourth-order valence-corrected chi connectivity index (χ4v) is 6.95. The van der Waals surface area contributed by atoms with Crippen molar-refractivity contribution in [1.82, 2.24) is 39.9 Å². The van der Waals surface area contributed by atoms with Crippen molar-refractivity contribution in [3.05, 3.63) is 207 Å². The third kappa shape index (κ3) is 24.3. The van der Waals surface area contributed by atoms with E-state index in [-0.39, 0.29) is 17.1 Å². The predicted molar refractivity (Wildman–Crippen MR) is 242 cm³/mol. The molecule has 59 heavy (non-hydrogen) atoms. The van der Waals surface area contributed by atoms with E-state index in [0.717, 1.165) is 0 Å². The summed E-state index contributed by atoms with van der Waals surface area (Å²) in [6.07, 6.45) is 28.7. The molecule has 0 unspecified atom stereocenters. The SMILES string of the molecule is [Mn+2].[N-]=C=S.[N-]=C=S.c1cc(Sc2ccncc2)ccn1.c1cc(Sc2ccncc2)ccn1.c1cc(Sc2ccncc2)ccn1.c1cc(Sc2ccncc2)ccn1. The number of thiocarbonyl (C=S) groups is 2. The summed E-state index contributed by atoms with van der Waals surface area (Å²) < 4.78 is 0.